The Labute approximate surface area is 110 Å². The van der Waals surface area contributed by atoms with Crippen molar-refractivity contribution in [1.29, 1.82) is 0 Å². The normalized spacial score (nSPS) is 12.3. The SMILES string of the molecule is CCNCC(C)C(=O)N(C)c1cc(C)cc(C)c1. The number of nitrogens with one attached hydrogen (secondary N) is 1. The third-order valence-electron chi connectivity index (χ3n) is 3.05. The zero-order chi connectivity index (χ0) is 13.7. The van der Waals surface area contributed by atoms with Gasteiger partial charge in [0.2, 0.25) is 5.91 Å². The van der Waals surface area contributed by atoms with E-state index in [-0.39, 0.29) is 11.8 Å². The summed E-state index contributed by atoms with van der Waals surface area (Å²) in [6.07, 6.45) is 0. The van der Waals surface area contributed by atoms with Crippen LogP contribution in [0.2, 0.25) is 0 Å². The van der Waals surface area contributed by atoms with E-state index in [1.54, 1.807) is 4.90 Å². The van der Waals surface area contributed by atoms with Crippen molar-refractivity contribution in [2.75, 3.05) is 25.0 Å². The predicted molar refractivity (Wildman–Crippen MR) is 77.0 cm³/mol. The molecule has 0 aromatic heterocycles. The summed E-state index contributed by atoms with van der Waals surface area (Å²) in [5.41, 5.74) is 3.34. The molecule has 0 heterocycles. The van der Waals surface area contributed by atoms with E-state index >= 15 is 0 Å². The Bertz CT molecular complexity index is 395. The average Bonchev–Trinajstić information content (AvgIpc) is 2.32. The van der Waals surface area contributed by atoms with Crippen molar-refractivity contribution in [3.63, 3.8) is 0 Å². The molecule has 1 unspecified atom stereocenters. The minimum Gasteiger partial charge on any atom is -0.316 e. The summed E-state index contributed by atoms with van der Waals surface area (Å²) in [5.74, 6) is 0.150. The van der Waals surface area contributed by atoms with Crippen LogP contribution in [0.4, 0.5) is 5.69 Å². The summed E-state index contributed by atoms with van der Waals surface area (Å²) in [6.45, 7) is 9.73. The molecule has 1 N–H and O–H groups in total. The highest BCUT2D eigenvalue weighted by molar-refractivity contribution is 5.94. The van der Waals surface area contributed by atoms with Crippen LogP contribution in [0.25, 0.3) is 0 Å². The van der Waals surface area contributed by atoms with Crippen LogP contribution in [0, 0.1) is 19.8 Å². The number of amides is 1. The lowest BCUT2D eigenvalue weighted by Gasteiger charge is -2.22. The van der Waals surface area contributed by atoms with Gasteiger partial charge >= 0.3 is 0 Å². The van der Waals surface area contributed by atoms with Crippen LogP contribution < -0.4 is 10.2 Å². The molecule has 0 aliphatic rings. The predicted octanol–water partition coefficient (Wildman–Crippen LogP) is 2.51. The van der Waals surface area contributed by atoms with Gasteiger partial charge in [-0.25, -0.2) is 0 Å². The molecule has 3 heteroatoms. The summed E-state index contributed by atoms with van der Waals surface area (Å²) in [5, 5.41) is 3.21. The molecule has 0 saturated carbocycles. The Hall–Kier alpha value is -1.35. The molecule has 3 nitrogen and oxygen atoms in total. The van der Waals surface area contributed by atoms with Crippen LogP contribution in [-0.2, 0) is 4.79 Å². The van der Waals surface area contributed by atoms with Crippen LogP contribution in [0.5, 0.6) is 0 Å². The molecule has 18 heavy (non-hydrogen) atoms. The number of benzene rings is 1. The van der Waals surface area contributed by atoms with Crippen LogP contribution in [0.1, 0.15) is 25.0 Å². The van der Waals surface area contributed by atoms with Crippen molar-refractivity contribution in [1.82, 2.24) is 5.32 Å². The summed E-state index contributed by atoms with van der Waals surface area (Å²) in [6, 6.07) is 6.21. The van der Waals surface area contributed by atoms with Gasteiger partial charge in [0.15, 0.2) is 0 Å². The molecule has 0 aliphatic carbocycles. The van der Waals surface area contributed by atoms with E-state index in [4.69, 9.17) is 0 Å². The van der Waals surface area contributed by atoms with E-state index in [2.05, 4.69) is 25.2 Å². The molecule has 100 valence electrons. The van der Waals surface area contributed by atoms with Crippen molar-refractivity contribution in [3.05, 3.63) is 29.3 Å². The number of carbonyl (C=O) groups excluding carboxylic acids is 1. The lowest BCUT2D eigenvalue weighted by molar-refractivity contribution is -0.121. The maximum Gasteiger partial charge on any atom is 0.230 e. The molecule has 1 amide bonds. The second kappa shape index (κ2) is 6.55. The Morgan fingerprint density at radius 3 is 2.33 bits per heavy atom. The second-order valence-corrected chi connectivity index (χ2v) is 4.95. The van der Waals surface area contributed by atoms with Gasteiger partial charge in [0.25, 0.3) is 0 Å². The third-order valence-corrected chi connectivity index (χ3v) is 3.05. The fourth-order valence-corrected chi connectivity index (χ4v) is 2.05. The van der Waals surface area contributed by atoms with Gasteiger partial charge in [0.1, 0.15) is 0 Å². The highest BCUT2D eigenvalue weighted by Crippen LogP contribution is 2.19. The number of aryl methyl sites for hydroxylation is 2. The summed E-state index contributed by atoms with van der Waals surface area (Å²) in [4.78, 5) is 14.0. The highest BCUT2D eigenvalue weighted by Gasteiger charge is 2.18. The quantitative estimate of drug-likeness (QED) is 0.868. The maximum atomic E-state index is 12.3. The zero-order valence-electron chi connectivity index (χ0n) is 12.1. The maximum absolute atomic E-state index is 12.3. The van der Waals surface area contributed by atoms with Crippen molar-refractivity contribution in [2.24, 2.45) is 5.92 Å². The molecular weight excluding hydrogens is 224 g/mol. The minimum atomic E-state index is -0.00392. The number of hydrogen-bond donors (Lipinski definition) is 1. The van der Waals surface area contributed by atoms with Gasteiger partial charge in [-0.1, -0.05) is 19.9 Å². The van der Waals surface area contributed by atoms with Crippen molar-refractivity contribution >= 4 is 11.6 Å². The largest absolute Gasteiger partial charge is 0.316 e. The number of nitrogens with zero attached hydrogens (tertiary/aromatic N) is 1. The van der Waals surface area contributed by atoms with Gasteiger partial charge in [-0.05, 0) is 43.7 Å². The molecule has 0 fully saturated rings. The lowest BCUT2D eigenvalue weighted by Crippen LogP contribution is -2.36. The molecule has 0 saturated heterocycles. The van der Waals surface area contributed by atoms with Gasteiger partial charge in [-0.3, -0.25) is 4.79 Å². The fraction of sp³-hybridized carbons (Fsp3) is 0.533. The molecule has 1 rings (SSSR count). The number of anilines is 1. The topological polar surface area (TPSA) is 32.3 Å². The van der Waals surface area contributed by atoms with Crippen LogP contribution >= 0.6 is 0 Å². The van der Waals surface area contributed by atoms with Gasteiger partial charge < -0.3 is 10.2 Å². The first kappa shape index (κ1) is 14.7. The van der Waals surface area contributed by atoms with Gasteiger partial charge in [-0.15, -0.1) is 0 Å². The van der Waals surface area contributed by atoms with Crippen molar-refractivity contribution < 1.29 is 4.79 Å². The molecule has 1 aromatic carbocycles. The van der Waals surface area contributed by atoms with Gasteiger partial charge in [0, 0.05) is 25.2 Å². The number of hydrogen-bond acceptors (Lipinski definition) is 2. The molecule has 0 bridgehead atoms. The summed E-state index contributed by atoms with van der Waals surface area (Å²) >= 11 is 0. The summed E-state index contributed by atoms with van der Waals surface area (Å²) < 4.78 is 0. The first-order chi connectivity index (χ1) is 8.45. The Kier molecular flexibility index (Phi) is 5.35. The van der Waals surface area contributed by atoms with E-state index in [0.717, 1.165) is 18.8 Å². The highest BCUT2D eigenvalue weighted by atomic mass is 16.2. The van der Waals surface area contributed by atoms with Gasteiger partial charge in [0.05, 0.1) is 0 Å². The van der Waals surface area contributed by atoms with E-state index in [0.29, 0.717) is 0 Å². The number of carbonyl (C=O) groups is 1. The molecule has 1 atom stereocenters. The Morgan fingerprint density at radius 2 is 1.83 bits per heavy atom. The first-order valence-electron chi connectivity index (χ1n) is 6.52. The molecule has 0 spiro atoms. The van der Waals surface area contributed by atoms with E-state index in [9.17, 15) is 4.79 Å². The lowest BCUT2D eigenvalue weighted by atomic mass is 10.1. The van der Waals surface area contributed by atoms with Crippen molar-refractivity contribution in [2.45, 2.75) is 27.7 Å². The van der Waals surface area contributed by atoms with E-state index in [1.165, 1.54) is 11.1 Å². The van der Waals surface area contributed by atoms with Crippen molar-refractivity contribution in [3.8, 4) is 0 Å². The monoisotopic (exact) mass is 248 g/mol. The van der Waals surface area contributed by atoms with Gasteiger partial charge in [-0.2, -0.15) is 0 Å². The minimum absolute atomic E-state index is 0.00392. The second-order valence-electron chi connectivity index (χ2n) is 4.95. The number of rotatable bonds is 5. The average molecular weight is 248 g/mol. The Balaban J connectivity index is 2.79. The van der Waals surface area contributed by atoms with Crippen LogP contribution in [0.15, 0.2) is 18.2 Å². The molecule has 0 aliphatic heterocycles. The van der Waals surface area contributed by atoms with Crippen LogP contribution in [0.3, 0.4) is 0 Å². The molecular formula is C15H24N2O. The Morgan fingerprint density at radius 1 is 1.28 bits per heavy atom. The smallest absolute Gasteiger partial charge is 0.230 e. The third kappa shape index (κ3) is 3.84. The fourth-order valence-electron chi connectivity index (χ4n) is 2.05. The molecule has 1 aromatic rings. The van der Waals surface area contributed by atoms with Crippen LogP contribution in [-0.4, -0.2) is 26.0 Å². The summed E-state index contributed by atoms with van der Waals surface area (Å²) in [7, 11) is 1.85. The van der Waals surface area contributed by atoms with E-state index < -0.39 is 0 Å². The standard InChI is InChI=1S/C15H24N2O/c1-6-16-10-13(4)15(18)17(5)14-8-11(2)7-12(3)9-14/h7-9,13,16H,6,10H2,1-5H3. The van der Waals surface area contributed by atoms with E-state index in [1.807, 2.05) is 33.0 Å². The molecule has 0 radical (unpaired) electrons. The first-order valence-corrected chi connectivity index (χ1v) is 6.52. The zero-order valence-corrected chi connectivity index (χ0v) is 12.1.